The van der Waals surface area contributed by atoms with Gasteiger partial charge < -0.3 is 10.0 Å². The summed E-state index contributed by atoms with van der Waals surface area (Å²) in [6, 6.07) is 0. The lowest BCUT2D eigenvalue weighted by atomic mass is 9.91. The summed E-state index contributed by atoms with van der Waals surface area (Å²) < 4.78 is 0. The van der Waals surface area contributed by atoms with Crippen LogP contribution in [0.5, 0.6) is 0 Å². The molecule has 1 saturated carbocycles. The SMILES string of the molecule is CC1(CO)CCN(C(=O)C2CC2)C1. The van der Waals surface area contributed by atoms with Crippen LogP contribution in [0.1, 0.15) is 26.2 Å². The second-order valence-electron chi connectivity index (χ2n) is 4.75. The van der Waals surface area contributed by atoms with Crippen LogP contribution in [0.25, 0.3) is 0 Å². The molecule has 0 spiro atoms. The van der Waals surface area contributed by atoms with Crippen molar-refractivity contribution in [2.45, 2.75) is 26.2 Å². The van der Waals surface area contributed by atoms with Gasteiger partial charge in [-0.05, 0) is 19.3 Å². The van der Waals surface area contributed by atoms with Gasteiger partial charge in [0.25, 0.3) is 0 Å². The molecule has 0 aromatic rings. The Bertz CT molecular complexity index is 225. The van der Waals surface area contributed by atoms with Gasteiger partial charge in [0.2, 0.25) is 5.91 Å². The van der Waals surface area contributed by atoms with E-state index < -0.39 is 0 Å². The smallest absolute Gasteiger partial charge is 0.225 e. The fourth-order valence-corrected chi connectivity index (χ4v) is 1.93. The predicted molar refractivity (Wildman–Crippen MR) is 49.1 cm³/mol. The molecule has 13 heavy (non-hydrogen) atoms. The maximum absolute atomic E-state index is 11.7. The van der Waals surface area contributed by atoms with E-state index in [4.69, 9.17) is 5.11 Å². The van der Waals surface area contributed by atoms with Crippen molar-refractivity contribution < 1.29 is 9.90 Å². The molecule has 3 heteroatoms. The van der Waals surface area contributed by atoms with E-state index in [9.17, 15) is 4.79 Å². The molecule has 2 fully saturated rings. The second kappa shape index (κ2) is 2.98. The van der Waals surface area contributed by atoms with Crippen molar-refractivity contribution in [3.63, 3.8) is 0 Å². The number of rotatable bonds is 2. The topological polar surface area (TPSA) is 40.5 Å². The lowest BCUT2D eigenvalue weighted by molar-refractivity contribution is -0.131. The highest BCUT2D eigenvalue weighted by atomic mass is 16.3. The van der Waals surface area contributed by atoms with Crippen LogP contribution in [-0.2, 0) is 4.79 Å². The first-order valence-electron chi connectivity index (χ1n) is 5.04. The first-order chi connectivity index (χ1) is 6.14. The highest BCUT2D eigenvalue weighted by Crippen LogP contribution is 2.35. The quantitative estimate of drug-likeness (QED) is 0.682. The van der Waals surface area contributed by atoms with Gasteiger partial charge in [-0.15, -0.1) is 0 Å². The van der Waals surface area contributed by atoms with Crippen LogP contribution in [0.15, 0.2) is 0 Å². The minimum Gasteiger partial charge on any atom is -0.396 e. The summed E-state index contributed by atoms with van der Waals surface area (Å²) >= 11 is 0. The van der Waals surface area contributed by atoms with Crippen molar-refractivity contribution in [1.29, 1.82) is 0 Å². The summed E-state index contributed by atoms with van der Waals surface area (Å²) in [5.41, 5.74) is -0.0372. The Balaban J connectivity index is 1.93. The average molecular weight is 183 g/mol. The minimum atomic E-state index is -0.0372. The third kappa shape index (κ3) is 1.70. The van der Waals surface area contributed by atoms with Crippen LogP contribution in [0.3, 0.4) is 0 Å². The molecule has 2 aliphatic rings. The molecule has 0 bridgehead atoms. The van der Waals surface area contributed by atoms with Crippen molar-refractivity contribution >= 4 is 5.91 Å². The first kappa shape index (κ1) is 9.00. The Morgan fingerprint density at radius 2 is 2.31 bits per heavy atom. The fourth-order valence-electron chi connectivity index (χ4n) is 1.93. The monoisotopic (exact) mass is 183 g/mol. The largest absolute Gasteiger partial charge is 0.396 e. The summed E-state index contributed by atoms with van der Waals surface area (Å²) in [7, 11) is 0. The summed E-state index contributed by atoms with van der Waals surface area (Å²) in [5.74, 6) is 0.637. The molecule has 1 aliphatic carbocycles. The van der Waals surface area contributed by atoms with Crippen LogP contribution in [0, 0.1) is 11.3 Å². The summed E-state index contributed by atoms with van der Waals surface area (Å²) in [5, 5.41) is 9.14. The van der Waals surface area contributed by atoms with E-state index in [-0.39, 0.29) is 12.0 Å². The maximum atomic E-state index is 11.7. The van der Waals surface area contributed by atoms with Crippen LogP contribution >= 0.6 is 0 Å². The number of aliphatic hydroxyl groups is 1. The standard InChI is InChI=1S/C10H17NO2/c1-10(7-12)4-5-11(6-10)9(13)8-2-3-8/h8,12H,2-7H2,1H3. The molecule has 1 unspecified atom stereocenters. The van der Waals surface area contributed by atoms with Gasteiger partial charge in [-0.2, -0.15) is 0 Å². The third-order valence-corrected chi connectivity index (χ3v) is 3.18. The van der Waals surface area contributed by atoms with Gasteiger partial charge in [0.05, 0.1) is 6.61 Å². The summed E-state index contributed by atoms with van der Waals surface area (Å²) in [6.45, 7) is 3.83. The molecule has 1 atom stereocenters. The number of aliphatic hydroxyl groups excluding tert-OH is 1. The van der Waals surface area contributed by atoms with E-state index in [1.165, 1.54) is 0 Å². The van der Waals surface area contributed by atoms with Crippen LogP contribution in [0.2, 0.25) is 0 Å². The Morgan fingerprint density at radius 3 is 2.77 bits per heavy atom. The van der Waals surface area contributed by atoms with Gasteiger partial charge in [-0.3, -0.25) is 4.79 Å². The molecule has 3 nitrogen and oxygen atoms in total. The zero-order valence-electron chi connectivity index (χ0n) is 8.12. The maximum Gasteiger partial charge on any atom is 0.225 e. The predicted octanol–water partition coefficient (Wildman–Crippen LogP) is 0.627. The van der Waals surface area contributed by atoms with Crippen molar-refractivity contribution in [2.75, 3.05) is 19.7 Å². The Morgan fingerprint density at radius 1 is 1.62 bits per heavy atom. The molecule has 1 heterocycles. The molecule has 0 radical (unpaired) electrons. The van der Waals surface area contributed by atoms with Crippen molar-refractivity contribution in [1.82, 2.24) is 4.90 Å². The number of carbonyl (C=O) groups is 1. The van der Waals surface area contributed by atoms with Crippen molar-refractivity contribution in [3.8, 4) is 0 Å². The minimum absolute atomic E-state index is 0.0372. The fraction of sp³-hybridized carbons (Fsp3) is 0.900. The van der Waals surface area contributed by atoms with Crippen molar-refractivity contribution in [2.24, 2.45) is 11.3 Å². The number of likely N-dealkylation sites (tertiary alicyclic amines) is 1. The third-order valence-electron chi connectivity index (χ3n) is 3.18. The zero-order valence-corrected chi connectivity index (χ0v) is 8.12. The highest BCUT2D eigenvalue weighted by molar-refractivity contribution is 5.81. The van der Waals surface area contributed by atoms with Gasteiger partial charge in [0.1, 0.15) is 0 Å². The lowest BCUT2D eigenvalue weighted by Gasteiger charge is -2.21. The van der Waals surface area contributed by atoms with Crippen LogP contribution in [-0.4, -0.2) is 35.6 Å². The van der Waals surface area contributed by atoms with Crippen LogP contribution in [0.4, 0.5) is 0 Å². The van der Waals surface area contributed by atoms with E-state index >= 15 is 0 Å². The number of hydrogen-bond acceptors (Lipinski definition) is 2. The van der Waals surface area contributed by atoms with Crippen molar-refractivity contribution in [3.05, 3.63) is 0 Å². The summed E-state index contributed by atoms with van der Waals surface area (Å²) in [6.07, 6.45) is 3.10. The van der Waals surface area contributed by atoms with E-state index in [1.807, 2.05) is 11.8 Å². The normalized spacial score (nSPS) is 33.8. The molecule has 0 aromatic carbocycles. The number of amides is 1. The Hall–Kier alpha value is -0.570. The number of nitrogens with zero attached hydrogens (tertiary/aromatic N) is 1. The molecule has 1 aliphatic heterocycles. The lowest BCUT2D eigenvalue weighted by Crippen LogP contribution is -2.33. The summed E-state index contributed by atoms with van der Waals surface area (Å²) in [4.78, 5) is 13.6. The first-order valence-corrected chi connectivity index (χ1v) is 5.04. The molecule has 1 amide bonds. The molecule has 0 aromatic heterocycles. The van der Waals surface area contributed by atoms with E-state index in [0.29, 0.717) is 11.8 Å². The number of hydrogen-bond donors (Lipinski definition) is 1. The second-order valence-corrected chi connectivity index (χ2v) is 4.75. The molecule has 2 rings (SSSR count). The molecular weight excluding hydrogens is 166 g/mol. The van der Waals surface area contributed by atoms with E-state index in [0.717, 1.165) is 32.4 Å². The zero-order chi connectivity index (χ0) is 9.47. The van der Waals surface area contributed by atoms with Gasteiger partial charge in [-0.1, -0.05) is 6.92 Å². The van der Waals surface area contributed by atoms with Gasteiger partial charge in [-0.25, -0.2) is 0 Å². The van der Waals surface area contributed by atoms with Gasteiger partial charge in [0, 0.05) is 24.4 Å². The van der Waals surface area contributed by atoms with Gasteiger partial charge >= 0.3 is 0 Å². The highest BCUT2D eigenvalue weighted by Gasteiger charge is 2.40. The van der Waals surface area contributed by atoms with Crippen LogP contribution < -0.4 is 0 Å². The molecule has 74 valence electrons. The van der Waals surface area contributed by atoms with E-state index in [1.54, 1.807) is 0 Å². The molecule has 1 N–H and O–H groups in total. The average Bonchev–Trinajstić information content (AvgIpc) is 2.89. The van der Waals surface area contributed by atoms with Gasteiger partial charge in [0.15, 0.2) is 0 Å². The molecular formula is C10H17NO2. The number of carbonyl (C=O) groups excluding carboxylic acids is 1. The Kier molecular flexibility index (Phi) is 2.06. The molecule has 1 saturated heterocycles. The Labute approximate surface area is 78.7 Å². The van der Waals surface area contributed by atoms with E-state index in [2.05, 4.69) is 0 Å².